The minimum Gasteiger partial charge on any atom is -0.504 e. The van der Waals surface area contributed by atoms with Gasteiger partial charge in [0.05, 0.1) is 7.11 Å². The number of hydrogen-bond acceptors (Lipinski definition) is 3. The van der Waals surface area contributed by atoms with Gasteiger partial charge in [0.15, 0.2) is 11.5 Å². The zero-order chi connectivity index (χ0) is 13.0. The molecule has 1 rings (SSSR count). The summed E-state index contributed by atoms with van der Waals surface area (Å²) in [6.45, 7) is 2.03. The summed E-state index contributed by atoms with van der Waals surface area (Å²) in [6, 6.07) is 5.02. The van der Waals surface area contributed by atoms with E-state index >= 15 is 0 Å². The number of rotatable bonds is 4. The number of benzene rings is 1. The zero-order valence-corrected chi connectivity index (χ0v) is 10.9. The highest BCUT2D eigenvalue weighted by molar-refractivity contribution is 6.30. The molecule has 0 aromatic heterocycles. The minimum atomic E-state index is -0.549. The predicted molar refractivity (Wildman–Crippen MR) is 66.4 cm³/mol. The van der Waals surface area contributed by atoms with Crippen LogP contribution in [0.2, 0.25) is 0 Å². The molecular weight excluding hydrogens is 242 g/mol. The van der Waals surface area contributed by atoms with Crippen LogP contribution in [-0.2, 0) is 11.3 Å². The molecular formula is C12H16ClNO3. The lowest BCUT2D eigenvalue weighted by molar-refractivity contribution is -0.129. The second kappa shape index (κ2) is 5.77. The molecule has 17 heavy (non-hydrogen) atoms. The number of phenolic OH excluding ortho intramolecular Hbond substituents is 1. The molecule has 1 amide bonds. The zero-order valence-electron chi connectivity index (χ0n) is 10.1. The van der Waals surface area contributed by atoms with Gasteiger partial charge in [-0.3, -0.25) is 4.79 Å². The van der Waals surface area contributed by atoms with Crippen molar-refractivity contribution in [3.05, 3.63) is 23.8 Å². The van der Waals surface area contributed by atoms with Gasteiger partial charge in [0.2, 0.25) is 5.91 Å². The van der Waals surface area contributed by atoms with Crippen molar-refractivity contribution in [3.63, 3.8) is 0 Å². The van der Waals surface area contributed by atoms with Gasteiger partial charge in [-0.15, -0.1) is 11.6 Å². The molecule has 4 nitrogen and oxygen atoms in total. The van der Waals surface area contributed by atoms with Crippen LogP contribution in [0.4, 0.5) is 0 Å². The molecule has 94 valence electrons. The molecule has 0 aliphatic heterocycles. The van der Waals surface area contributed by atoms with Gasteiger partial charge in [-0.25, -0.2) is 0 Å². The van der Waals surface area contributed by atoms with Gasteiger partial charge in [0, 0.05) is 13.6 Å². The summed E-state index contributed by atoms with van der Waals surface area (Å²) in [5.41, 5.74) is 0.816. The van der Waals surface area contributed by atoms with E-state index in [9.17, 15) is 9.90 Å². The number of nitrogens with zero attached hydrogens (tertiary/aromatic N) is 1. The predicted octanol–water partition coefficient (Wildman–Crippen LogP) is 1.99. The van der Waals surface area contributed by atoms with Crippen molar-refractivity contribution in [1.82, 2.24) is 4.90 Å². The molecule has 1 aromatic carbocycles. The third-order valence-corrected chi connectivity index (χ3v) is 2.57. The normalized spacial score (nSPS) is 12.0. The van der Waals surface area contributed by atoms with Crippen molar-refractivity contribution in [2.75, 3.05) is 14.2 Å². The van der Waals surface area contributed by atoms with E-state index in [0.717, 1.165) is 5.56 Å². The quantitative estimate of drug-likeness (QED) is 0.840. The Bertz CT molecular complexity index is 407. The molecule has 1 atom stereocenters. The Hall–Kier alpha value is -1.42. The molecule has 1 aromatic rings. The number of hydrogen-bond donors (Lipinski definition) is 1. The summed E-state index contributed by atoms with van der Waals surface area (Å²) in [5.74, 6) is 0.320. The molecule has 0 saturated heterocycles. The molecule has 0 aliphatic rings. The number of ether oxygens (including phenoxy) is 1. The highest BCUT2D eigenvalue weighted by Gasteiger charge is 2.15. The van der Waals surface area contributed by atoms with Gasteiger partial charge in [0.25, 0.3) is 0 Å². The molecule has 5 heteroatoms. The van der Waals surface area contributed by atoms with Crippen LogP contribution < -0.4 is 4.74 Å². The Kier molecular flexibility index (Phi) is 4.63. The monoisotopic (exact) mass is 257 g/mol. The number of phenols is 1. The maximum absolute atomic E-state index is 11.6. The van der Waals surface area contributed by atoms with E-state index in [1.54, 1.807) is 32.2 Å². The lowest BCUT2D eigenvalue weighted by atomic mass is 10.2. The van der Waals surface area contributed by atoms with E-state index in [2.05, 4.69) is 0 Å². The van der Waals surface area contributed by atoms with Crippen LogP contribution >= 0.6 is 11.6 Å². The first-order valence-electron chi connectivity index (χ1n) is 5.20. The number of carbonyl (C=O) groups excluding carboxylic acids is 1. The summed E-state index contributed by atoms with van der Waals surface area (Å²) in [6.07, 6.45) is 0. The second-order valence-corrected chi connectivity index (χ2v) is 4.47. The molecule has 1 unspecified atom stereocenters. The van der Waals surface area contributed by atoms with Gasteiger partial charge in [-0.2, -0.15) is 0 Å². The third kappa shape index (κ3) is 3.53. The second-order valence-electron chi connectivity index (χ2n) is 3.82. The van der Waals surface area contributed by atoms with E-state index < -0.39 is 5.38 Å². The van der Waals surface area contributed by atoms with Crippen LogP contribution in [0, 0.1) is 0 Å². The molecule has 0 heterocycles. The molecule has 0 radical (unpaired) electrons. The summed E-state index contributed by atoms with van der Waals surface area (Å²) in [4.78, 5) is 13.1. The van der Waals surface area contributed by atoms with Crippen molar-refractivity contribution in [2.24, 2.45) is 0 Å². The first kappa shape index (κ1) is 13.6. The molecule has 0 aliphatic carbocycles. The van der Waals surface area contributed by atoms with Crippen LogP contribution in [0.25, 0.3) is 0 Å². The number of carbonyl (C=O) groups is 1. The van der Waals surface area contributed by atoms with Crippen LogP contribution in [0.5, 0.6) is 11.5 Å². The SMILES string of the molecule is COc1ccc(CN(C)C(=O)C(C)Cl)cc1O. The van der Waals surface area contributed by atoms with Gasteiger partial charge in [0.1, 0.15) is 5.38 Å². The molecule has 0 saturated carbocycles. The summed E-state index contributed by atoms with van der Waals surface area (Å²) < 4.78 is 4.94. The Morgan fingerprint density at radius 2 is 2.24 bits per heavy atom. The highest BCUT2D eigenvalue weighted by atomic mass is 35.5. The van der Waals surface area contributed by atoms with Crippen molar-refractivity contribution in [1.29, 1.82) is 0 Å². The van der Waals surface area contributed by atoms with Crippen molar-refractivity contribution in [2.45, 2.75) is 18.8 Å². The largest absolute Gasteiger partial charge is 0.504 e. The van der Waals surface area contributed by atoms with E-state index in [4.69, 9.17) is 16.3 Å². The van der Waals surface area contributed by atoms with E-state index in [0.29, 0.717) is 12.3 Å². The summed E-state index contributed by atoms with van der Waals surface area (Å²) >= 11 is 5.71. The van der Waals surface area contributed by atoms with Crippen molar-refractivity contribution in [3.8, 4) is 11.5 Å². The van der Waals surface area contributed by atoms with E-state index in [1.807, 2.05) is 0 Å². The number of halogens is 1. The topological polar surface area (TPSA) is 49.8 Å². The average Bonchev–Trinajstić information content (AvgIpc) is 2.28. The number of amides is 1. The van der Waals surface area contributed by atoms with Crippen molar-refractivity contribution >= 4 is 17.5 Å². The maximum Gasteiger partial charge on any atom is 0.240 e. The molecule has 0 bridgehead atoms. The number of aromatic hydroxyl groups is 1. The Morgan fingerprint density at radius 3 is 2.71 bits per heavy atom. The standard InChI is InChI=1S/C12H16ClNO3/c1-8(13)12(16)14(2)7-9-4-5-11(17-3)10(15)6-9/h4-6,8,15H,7H2,1-3H3. The first-order valence-corrected chi connectivity index (χ1v) is 5.64. The fourth-order valence-electron chi connectivity index (χ4n) is 1.49. The Morgan fingerprint density at radius 1 is 1.59 bits per heavy atom. The lowest BCUT2D eigenvalue weighted by Crippen LogP contribution is -2.31. The molecule has 0 spiro atoms. The minimum absolute atomic E-state index is 0.0600. The van der Waals surface area contributed by atoms with Crippen LogP contribution in [-0.4, -0.2) is 35.4 Å². The number of methoxy groups -OCH3 is 1. The lowest BCUT2D eigenvalue weighted by Gasteiger charge is -2.18. The highest BCUT2D eigenvalue weighted by Crippen LogP contribution is 2.26. The summed E-state index contributed by atoms with van der Waals surface area (Å²) in [7, 11) is 3.15. The fraction of sp³-hybridized carbons (Fsp3) is 0.417. The summed E-state index contributed by atoms with van der Waals surface area (Å²) in [5, 5.41) is 9.05. The van der Waals surface area contributed by atoms with Gasteiger partial charge in [-0.05, 0) is 24.6 Å². The van der Waals surface area contributed by atoms with E-state index in [1.165, 1.54) is 12.0 Å². The number of alkyl halides is 1. The Labute approximate surface area is 106 Å². The third-order valence-electron chi connectivity index (χ3n) is 2.38. The fourth-order valence-corrected chi connectivity index (χ4v) is 1.66. The van der Waals surface area contributed by atoms with Gasteiger partial charge in [-0.1, -0.05) is 6.07 Å². The van der Waals surface area contributed by atoms with Gasteiger partial charge < -0.3 is 14.7 Å². The average molecular weight is 258 g/mol. The van der Waals surface area contributed by atoms with Crippen molar-refractivity contribution < 1.29 is 14.6 Å². The molecule has 1 N–H and O–H groups in total. The van der Waals surface area contributed by atoms with Crippen LogP contribution in [0.1, 0.15) is 12.5 Å². The van der Waals surface area contributed by atoms with Crippen LogP contribution in [0.3, 0.4) is 0 Å². The van der Waals surface area contributed by atoms with E-state index in [-0.39, 0.29) is 11.7 Å². The maximum atomic E-state index is 11.6. The molecule has 0 fully saturated rings. The first-order chi connectivity index (χ1) is 7.95. The smallest absolute Gasteiger partial charge is 0.240 e. The van der Waals surface area contributed by atoms with Crippen LogP contribution in [0.15, 0.2) is 18.2 Å². The van der Waals surface area contributed by atoms with Gasteiger partial charge >= 0.3 is 0 Å². The Balaban J connectivity index is 2.75.